The molecule has 0 atom stereocenters. The monoisotopic (exact) mass is 436 g/mol. The van der Waals surface area contributed by atoms with E-state index in [0.717, 1.165) is 44.6 Å². The molecule has 0 radical (unpaired) electrons. The van der Waals surface area contributed by atoms with Crippen LogP contribution in [0, 0.1) is 11.8 Å². The van der Waals surface area contributed by atoms with Crippen LogP contribution in [0.1, 0.15) is 34.7 Å². The molecule has 2 aromatic rings. The van der Waals surface area contributed by atoms with Gasteiger partial charge in [-0.15, -0.1) is 0 Å². The van der Waals surface area contributed by atoms with Gasteiger partial charge in [-0.3, -0.25) is 4.79 Å². The average molecular weight is 436 g/mol. The van der Waals surface area contributed by atoms with E-state index < -0.39 is 11.9 Å². The second-order valence-corrected chi connectivity index (χ2v) is 7.36. The van der Waals surface area contributed by atoms with Crippen LogP contribution in [0.4, 0.5) is 0 Å². The first-order valence-corrected chi connectivity index (χ1v) is 10.3. The lowest BCUT2D eigenvalue weighted by Gasteiger charge is -2.30. The normalized spacial score (nSPS) is 19.3. The minimum absolute atomic E-state index is 0.00323. The van der Waals surface area contributed by atoms with Gasteiger partial charge in [0.1, 0.15) is 0 Å². The zero-order valence-corrected chi connectivity index (χ0v) is 17.4. The van der Waals surface area contributed by atoms with Crippen LogP contribution >= 0.6 is 0 Å². The lowest BCUT2D eigenvalue weighted by Crippen LogP contribution is -2.41. The van der Waals surface area contributed by atoms with Crippen LogP contribution in [-0.2, 0) is 9.59 Å². The number of rotatable bonds is 3. The average Bonchev–Trinajstić information content (AvgIpc) is 3.07. The number of nitrogens with zero attached hydrogens (tertiary/aromatic N) is 2. The largest absolute Gasteiger partial charge is 0.478 e. The molecule has 0 unspecified atom stereocenters. The van der Waals surface area contributed by atoms with E-state index >= 15 is 0 Å². The van der Waals surface area contributed by atoms with Gasteiger partial charge in [0.15, 0.2) is 11.5 Å². The van der Waals surface area contributed by atoms with Gasteiger partial charge in [-0.1, -0.05) is 24.1 Å². The molecule has 1 aromatic carbocycles. The zero-order valence-electron chi connectivity index (χ0n) is 17.4. The molecule has 8 nitrogen and oxygen atoms in total. The van der Waals surface area contributed by atoms with E-state index in [-0.39, 0.29) is 5.91 Å². The molecule has 0 saturated carbocycles. The van der Waals surface area contributed by atoms with Crippen molar-refractivity contribution in [1.82, 2.24) is 9.80 Å². The highest BCUT2D eigenvalue weighted by atomic mass is 16.4. The molecule has 8 heteroatoms. The second kappa shape index (κ2) is 11.0. The van der Waals surface area contributed by atoms with Crippen LogP contribution in [-0.4, -0.2) is 70.1 Å². The van der Waals surface area contributed by atoms with Crippen molar-refractivity contribution in [2.75, 3.05) is 26.2 Å². The van der Waals surface area contributed by atoms with E-state index in [2.05, 4.69) is 16.7 Å². The number of carboxylic acids is 2. The first-order valence-electron chi connectivity index (χ1n) is 10.3. The van der Waals surface area contributed by atoms with Gasteiger partial charge < -0.3 is 24.4 Å². The predicted molar refractivity (Wildman–Crippen MR) is 116 cm³/mol. The third-order valence-corrected chi connectivity index (χ3v) is 5.20. The Morgan fingerprint density at radius 3 is 2.16 bits per heavy atom. The molecule has 2 bridgehead atoms. The number of benzene rings is 1. The molecule has 166 valence electrons. The molecular formula is C24H24N2O6. The molecule has 2 N–H and O–H groups in total. The Hall–Kier alpha value is -3.83. The van der Waals surface area contributed by atoms with Crippen molar-refractivity contribution >= 4 is 17.8 Å². The number of furan rings is 1. The zero-order chi connectivity index (χ0) is 22.9. The first kappa shape index (κ1) is 22.8. The molecule has 32 heavy (non-hydrogen) atoms. The van der Waals surface area contributed by atoms with Gasteiger partial charge in [-0.25, -0.2) is 9.59 Å². The molecular weight excluding hydrogens is 412 g/mol. The Labute approximate surface area is 185 Å². The highest BCUT2D eigenvalue weighted by molar-refractivity contribution is 5.92. The van der Waals surface area contributed by atoms with Crippen molar-refractivity contribution in [3.8, 4) is 11.8 Å². The van der Waals surface area contributed by atoms with E-state index in [4.69, 9.17) is 14.6 Å². The number of amides is 1. The highest BCUT2D eigenvalue weighted by Crippen LogP contribution is 2.23. The van der Waals surface area contributed by atoms with Crippen LogP contribution < -0.4 is 0 Å². The van der Waals surface area contributed by atoms with E-state index in [1.807, 2.05) is 35.2 Å². The smallest absolute Gasteiger partial charge is 0.328 e. The van der Waals surface area contributed by atoms with E-state index in [9.17, 15) is 14.4 Å². The number of fused-ring (bicyclic) bond motifs is 4. The molecule has 0 spiro atoms. The van der Waals surface area contributed by atoms with Gasteiger partial charge in [-0.05, 0) is 43.0 Å². The Bertz CT molecular complexity index is 1020. The van der Waals surface area contributed by atoms with Crippen molar-refractivity contribution in [3.05, 3.63) is 71.7 Å². The Kier molecular flexibility index (Phi) is 7.84. The Morgan fingerprint density at radius 2 is 1.53 bits per heavy atom. The fourth-order valence-electron chi connectivity index (χ4n) is 3.61. The summed E-state index contributed by atoms with van der Waals surface area (Å²) in [6.07, 6.45) is 3.24. The topological polar surface area (TPSA) is 111 Å². The Morgan fingerprint density at radius 1 is 0.875 bits per heavy atom. The number of carboxylic acid groups (broad SMARTS) is 2. The van der Waals surface area contributed by atoms with Gasteiger partial charge >= 0.3 is 11.9 Å². The third-order valence-electron chi connectivity index (χ3n) is 5.20. The molecule has 1 aromatic heterocycles. The van der Waals surface area contributed by atoms with Crippen LogP contribution in [0.2, 0.25) is 0 Å². The second-order valence-electron chi connectivity index (χ2n) is 7.36. The molecule has 3 aliphatic heterocycles. The van der Waals surface area contributed by atoms with Gasteiger partial charge in [0.25, 0.3) is 5.91 Å². The van der Waals surface area contributed by atoms with Crippen LogP contribution in [0.3, 0.4) is 0 Å². The molecule has 5 rings (SSSR count). The summed E-state index contributed by atoms with van der Waals surface area (Å²) in [6.45, 7) is 3.94. The van der Waals surface area contributed by atoms with Gasteiger partial charge in [0, 0.05) is 49.9 Å². The molecule has 3 fully saturated rings. The van der Waals surface area contributed by atoms with Crippen molar-refractivity contribution in [2.24, 2.45) is 0 Å². The summed E-state index contributed by atoms with van der Waals surface area (Å²) in [5, 5.41) is 15.6. The lowest BCUT2D eigenvalue weighted by atomic mass is 10.1. The number of carbonyl (C=O) groups excluding carboxylic acids is 1. The standard InChI is InChI=1S/C20H20N2O2.C4H4O4/c23-20(22-15-14-21-12-10-17(22)11-13-21)19-9-8-18(24-19)7-6-16-4-2-1-3-5-16;5-3(6)1-2-4(7)8/h1-5,8-9,17H,10-15H2;1-2H,(H,5,6)(H,7,8)/b;2-1+. The maximum atomic E-state index is 12.8. The van der Waals surface area contributed by atoms with E-state index in [1.54, 1.807) is 12.1 Å². The molecule has 1 amide bonds. The van der Waals surface area contributed by atoms with Crippen LogP contribution in [0.5, 0.6) is 0 Å². The Balaban J connectivity index is 0.000000312. The van der Waals surface area contributed by atoms with E-state index in [1.165, 1.54) is 0 Å². The summed E-state index contributed by atoms with van der Waals surface area (Å²) < 4.78 is 5.69. The fourth-order valence-corrected chi connectivity index (χ4v) is 3.61. The van der Waals surface area contributed by atoms with Gasteiger partial charge in [0.05, 0.1) is 0 Å². The molecule has 0 aliphatic carbocycles. The van der Waals surface area contributed by atoms with Gasteiger partial charge in [0.2, 0.25) is 0 Å². The number of aliphatic carboxylic acids is 2. The lowest BCUT2D eigenvalue weighted by molar-refractivity contribution is -0.134. The van der Waals surface area contributed by atoms with Crippen molar-refractivity contribution in [2.45, 2.75) is 18.9 Å². The summed E-state index contributed by atoms with van der Waals surface area (Å²) in [4.78, 5) is 36.3. The van der Waals surface area contributed by atoms with E-state index in [0.29, 0.717) is 29.7 Å². The summed E-state index contributed by atoms with van der Waals surface area (Å²) in [6, 6.07) is 13.6. The summed E-state index contributed by atoms with van der Waals surface area (Å²) in [5.41, 5.74) is 0.931. The fraction of sp³-hybridized carbons (Fsp3) is 0.292. The number of hydrogen-bond donors (Lipinski definition) is 2. The van der Waals surface area contributed by atoms with Crippen molar-refractivity contribution in [3.63, 3.8) is 0 Å². The maximum Gasteiger partial charge on any atom is 0.328 e. The minimum Gasteiger partial charge on any atom is -0.478 e. The van der Waals surface area contributed by atoms with Crippen LogP contribution in [0.15, 0.2) is 59.0 Å². The summed E-state index contributed by atoms with van der Waals surface area (Å²) in [7, 11) is 0. The number of carbonyl (C=O) groups is 3. The van der Waals surface area contributed by atoms with Gasteiger partial charge in [-0.2, -0.15) is 0 Å². The SMILES string of the molecule is O=C(O)/C=C/C(=O)O.O=C(c1ccc(C#Cc2ccccc2)o1)N1CCN2CCC1CC2. The third kappa shape index (κ3) is 6.59. The number of hydrogen-bond acceptors (Lipinski definition) is 5. The summed E-state index contributed by atoms with van der Waals surface area (Å²) in [5.74, 6) is 4.45. The van der Waals surface area contributed by atoms with Crippen molar-refractivity contribution in [1.29, 1.82) is 0 Å². The first-order chi connectivity index (χ1) is 15.4. The quantitative estimate of drug-likeness (QED) is 0.561. The summed E-state index contributed by atoms with van der Waals surface area (Å²) >= 11 is 0. The molecule has 3 aliphatic rings. The van der Waals surface area contributed by atoms with Crippen molar-refractivity contribution < 1.29 is 29.0 Å². The van der Waals surface area contributed by atoms with Crippen LogP contribution in [0.25, 0.3) is 0 Å². The minimum atomic E-state index is -1.26. The number of piperidine rings is 1. The highest BCUT2D eigenvalue weighted by Gasteiger charge is 2.33. The molecule has 4 heterocycles. The maximum absolute atomic E-state index is 12.8. The predicted octanol–water partition coefficient (Wildman–Crippen LogP) is 2.31. The molecule has 3 saturated heterocycles.